The normalized spacial score (nSPS) is 18.8. The number of likely N-dealkylation sites (tertiary alicyclic amines) is 1. The smallest absolute Gasteiger partial charge is 0.227 e. The van der Waals surface area contributed by atoms with Crippen LogP contribution in [-0.4, -0.2) is 40.1 Å². The number of H-pyrrole nitrogens is 1. The Hall–Kier alpha value is -1.52. The highest BCUT2D eigenvalue weighted by Gasteiger charge is 2.26. The Labute approximate surface area is 135 Å². The second-order valence-corrected chi connectivity index (χ2v) is 6.37. The van der Waals surface area contributed by atoms with E-state index < -0.39 is 0 Å². The number of piperidine rings is 1. The zero-order valence-corrected chi connectivity index (χ0v) is 13.3. The Kier molecular flexibility index (Phi) is 4.69. The van der Waals surface area contributed by atoms with Crippen LogP contribution >= 0.6 is 11.6 Å². The fraction of sp³-hybridized carbons (Fsp3) is 0.471. The predicted molar refractivity (Wildman–Crippen MR) is 88.1 cm³/mol. The molecule has 1 aromatic heterocycles. The number of aromatic nitrogens is 1. The van der Waals surface area contributed by atoms with Gasteiger partial charge in [0, 0.05) is 41.3 Å². The number of carbonyl (C=O) groups is 1. The molecule has 4 nitrogen and oxygen atoms in total. The van der Waals surface area contributed by atoms with E-state index in [9.17, 15) is 9.90 Å². The molecule has 1 aliphatic rings. The maximum Gasteiger partial charge on any atom is 0.227 e. The van der Waals surface area contributed by atoms with Gasteiger partial charge in [0.1, 0.15) is 0 Å². The highest BCUT2D eigenvalue weighted by molar-refractivity contribution is 6.31. The summed E-state index contributed by atoms with van der Waals surface area (Å²) < 4.78 is 0. The third-order valence-corrected chi connectivity index (χ3v) is 4.72. The van der Waals surface area contributed by atoms with Gasteiger partial charge in [0.05, 0.1) is 6.42 Å². The lowest BCUT2D eigenvalue weighted by molar-refractivity contribution is -0.134. The van der Waals surface area contributed by atoms with Gasteiger partial charge in [-0.1, -0.05) is 11.6 Å². The van der Waals surface area contributed by atoms with Crippen LogP contribution < -0.4 is 0 Å². The number of halogens is 1. The van der Waals surface area contributed by atoms with Crippen molar-refractivity contribution in [1.82, 2.24) is 9.88 Å². The highest BCUT2D eigenvalue weighted by Crippen LogP contribution is 2.25. The Morgan fingerprint density at radius 1 is 1.41 bits per heavy atom. The molecule has 1 saturated heterocycles. The maximum absolute atomic E-state index is 12.7. The zero-order chi connectivity index (χ0) is 15.5. The molecule has 0 radical (unpaired) electrons. The molecule has 22 heavy (non-hydrogen) atoms. The number of aliphatic hydroxyl groups excluding tert-OH is 1. The molecule has 1 amide bonds. The molecule has 0 saturated carbocycles. The van der Waals surface area contributed by atoms with Crippen molar-refractivity contribution in [3.63, 3.8) is 0 Å². The van der Waals surface area contributed by atoms with E-state index in [0.29, 0.717) is 17.9 Å². The third kappa shape index (κ3) is 3.13. The molecule has 2 aromatic rings. The van der Waals surface area contributed by atoms with Crippen molar-refractivity contribution in [1.29, 1.82) is 0 Å². The lowest BCUT2D eigenvalue weighted by atomic mass is 9.98. The van der Waals surface area contributed by atoms with Gasteiger partial charge in [-0.3, -0.25) is 4.79 Å². The molecular formula is C17H21ClN2O2. The Bertz CT molecular complexity index is 666. The van der Waals surface area contributed by atoms with Gasteiger partial charge in [0.25, 0.3) is 0 Å². The van der Waals surface area contributed by atoms with Crippen LogP contribution in [0.4, 0.5) is 0 Å². The summed E-state index contributed by atoms with van der Waals surface area (Å²) in [7, 11) is 0. The van der Waals surface area contributed by atoms with Crippen LogP contribution in [0.2, 0.25) is 5.02 Å². The first-order chi connectivity index (χ1) is 10.7. The quantitative estimate of drug-likeness (QED) is 0.909. The first-order valence-corrected chi connectivity index (χ1v) is 8.22. The molecule has 1 atom stereocenters. The summed E-state index contributed by atoms with van der Waals surface area (Å²) in [6, 6.07) is 5.85. The van der Waals surface area contributed by atoms with Crippen molar-refractivity contribution in [3.8, 4) is 0 Å². The molecule has 118 valence electrons. The van der Waals surface area contributed by atoms with Crippen LogP contribution in [-0.2, 0) is 11.2 Å². The fourth-order valence-corrected chi connectivity index (χ4v) is 3.51. The summed E-state index contributed by atoms with van der Waals surface area (Å²) in [6.07, 6.45) is 6.12. The molecule has 1 unspecified atom stereocenters. The first-order valence-electron chi connectivity index (χ1n) is 7.85. The monoisotopic (exact) mass is 320 g/mol. The molecule has 1 aromatic carbocycles. The van der Waals surface area contributed by atoms with E-state index in [2.05, 4.69) is 4.98 Å². The van der Waals surface area contributed by atoms with Gasteiger partial charge in [0.15, 0.2) is 0 Å². The Morgan fingerprint density at radius 3 is 3.09 bits per heavy atom. The number of fused-ring (bicyclic) bond motifs is 1. The molecule has 2 N–H and O–H groups in total. The van der Waals surface area contributed by atoms with E-state index in [1.54, 1.807) is 0 Å². The minimum absolute atomic E-state index is 0.136. The fourth-order valence-electron chi connectivity index (χ4n) is 3.34. The van der Waals surface area contributed by atoms with E-state index in [-0.39, 0.29) is 18.6 Å². The Balaban J connectivity index is 1.78. The molecule has 1 fully saturated rings. The van der Waals surface area contributed by atoms with Gasteiger partial charge in [-0.2, -0.15) is 0 Å². The van der Waals surface area contributed by atoms with Crippen LogP contribution in [0.15, 0.2) is 24.4 Å². The number of benzene rings is 1. The van der Waals surface area contributed by atoms with Gasteiger partial charge in [-0.15, -0.1) is 0 Å². The van der Waals surface area contributed by atoms with E-state index in [1.807, 2.05) is 29.3 Å². The van der Waals surface area contributed by atoms with Gasteiger partial charge < -0.3 is 15.0 Å². The molecular weight excluding hydrogens is 300 g/mol. The van der Waals surface area contributed by atoms with Crippen molar-refractivity contribution >= 4 is 28.4 Å². The van der Waals surface area contributed by atoms with Crippen LogP contribution in [0.5, 0.6) is 0 Å². The van der Waals surface area contributed by atoms with Crippen LogP contribution in [0, 0.1) is 0 Å². The zero-order valence-electron chi connectivity index (χ0n) is 12.5. The van der Waals surface area contributed by atoms with Crippen LogP contribution in [0.3, 0.4) is 0 Å². The number of nitrogens with one attached hydrogen (secondary N) is 1. The summed E-state index contributed by atoms with van der Waals surface area (Å²) in [5, 5.41) is 10.9. The average molecular weight is 321 g/mol. The standard InChI is InChI=1S/C17H21ClN2O2/c18-13-4-5-16-15(10-13)12(11-19-16)9-17(22)20-7-2-1-3-14(20)6-8-21/h4-5,10-11,14,19,21H,1-3,6-9H2. The van der Waals surface area contributed by atoms with Gasteiger partial charge in [0.2, 0.25) is 5.91 Å². The molecule has 0 spiro atoms. The second kappa shape index (κ2) is 6.71. The molecule has 5 heteroatoms. The van der Waals surface area contributed by atoms with Crippen molar-refractivity contribution in [2.75, 3.05) is 13.2 Å². The van der Waals surface area contributed by atoms with E-state index >= 15 is 0 Å². The second-order valence-electron chi connectivity index (χ2n) is 5.93. The Morgan fingerprint density at radius 2 is 2.27 bits per heavy atom. The number of rotatable bonds is 4. The minimum Gasteiger partial charge on any atom is -0.396 e. The van der Waals surface area contributed by atoms with Crippen LogP contribution in [0.1, 0.15) is 31.2 Å². The first kappa shape index (κ1) is 15.4. The van der Waals surface area contributed by atoms with E-state index in [0.717, 1.165) is 42.3 Å². The number of nitrogens with zero attached hydrogens (tertiary/aromatic N) is 1. The largest absolute Gasteiger partial charge is 0.396 e. The summed E-state index contributed by atoms with van der Waals surface area (Å²) >= 11 is 6.06. The van der Waals surface area contributed by atoms with E-state index in [4.69, 9.17) is 11.6 Å². The minimum atomic E-state index is 0.136. The van der Waals surface area contributed by atoms with Gasteiger partial charge >= 0.3 is 0 Å². The summed E-state index contributed by atoms with van der Waals surface area (Å²) in [6.45, 7) is 0.934. The summed E-state index contributed by atoms with van der Waals surface area (Å²) in [5.41, 5.74) is 1.98. The van der Waals surface area contributed by atoms with Crippen molar-refractivity contribution in [2.24, 2.45) is 0 Å². The van der Waals surface area contributed by atoms with Crippen LogP contribution in [0.25, 0.3) is 10.9 Å². The summed E-state index contributed by atoms with van der Waals surface area (Å²) in [5.74, 6) is 0.138. The van der Waals surface area contributed by atoms with E-state index in [1.165, 1.54) is 0 Å². The maximum atomic E-state index is 12.7. The average Bonchev–Trinajstić information content (AvgIpc) is 2.90. The number of amides is 1. The number of carbonyl (C=O) groups excluding carboxylic acids is 1. The molecule has 3 rings (SSSR count). The van der Waals surface area contributed by atoms with Crippen molar-refractivity contribution in [3.05, 3.63) is 35.0 Å². The van der Waals surface area contributed by atoms with Gasteiger partial charge in [-0.05, 0) is 49.4 Å². The number of hydrogen-bond acceptors (Lipinski definition) is 2. The predicted octanol–water partition coefficient (Wildman–Crippen LogP) is 3.13. The SMILES string of the molecule is O=C(Cc1c[nH]c2ccc(Cl)cc12)N1CCCCC1CCO. The number of hydrogen-bond donors (Lipinski definition) is 2. The highest BCUT2D eigenvalue weighted by atomic mass is 35.5. The molecule has 0 aliphatic carbocycles. The molecule has 1 aliphatic heterocycles. The summed E-state index contributed by atoms with van der Waals surface area (Å²) in [4.78, 5) is 17.8. The van der Waals surface area contributed by atoms with Crippen molar-refractivity contribution in [2.45, 2.75) is 38.1 Å². The van der Waals surface area contributed by atoms with Gasteiger partial charge in [-0.25, -0.2) is 0 Å². The topological polar surface area (TPSA) is 56.3 Å². The molecule has 0 bridgehead atoms. The lowest BCUT2D eigenvalue weighted by Gasteiger charge is -2.35. The van der Waals surface area contributed by atoms with Crippen molar-refractivity contribution < 1.29 is 9.90 Å². The third-order valence-electron chi connectivity index (χ3n) is 4.48. The molecule has 2 heterocycles. The number of aliphatic hydroxyl groups is 1. The number of aromatic amines is 1. The lowest BCUT2D eigenvalue weighted by Crippen LogP contribution is -2.44.